The Morgan fingerprint density at radius 3 is 2.17 bits per heavy atom. The summed E-state index contributed by atoms with van der Waals surface area (Å²) >= 11 is 17.2. The maximum absolute atomic E-state index is 12.2. The number of ether oxygens (including phenoxy) is 2. The third-order valence-corrected chi connectivity index (χ3v) is 3.91. The van der Waals surface area contributed by atoms with Crippen LogP contribution in [0, 0.1) is 5.41 Å². The first-order chi connectivity index (χ1) is 10.9. The number of halogens is 3. The van der Waals surface area contributed by atoms with E-state index in [1.165, 1.54) is 4.90 Å². The van der Waals surface area contributed by atoms with E-state index in [1.54, 1.807) is 20.8 Å². The maximum Gasteiger partial charge on any atom is 0.410 e. The Morgan fingerprint density at radius 2 is 1.71 bits per heavy atom. The monoisotopic (exact) mass is 392 g/mol. The number of benzene rings is 1. The summed E-state index contributed by atoms with van der Waals surface area (Å²) in [7, 11) is 0. The molecule has 0 unspecified atom stereocenters. The van der Waals surface area contributed by atoms with Gasteiger partial charge in [0.2, 0.25) is 5.90 Å². The lowest BCUT2D eigenvalue weighted by Crippen LogP contribution is -2.64. The molecule has 1 amide bonds. The molecule has 1 aliphatic rings. The van der Waals surface area contributed by atoms with Gasteiger partial charge < -0.3 is 9.47 Å². The Morgan fingerprint density at radius 1 is 1.17 bits per heavy atom. The van der Waals surface area contributed by atoms with Crippen molar-refractivity contribution in [3.8, 4) is 0 Å². The molecule has 2 rings (SSSR count). The van der Waals surface area contributed by atoms with Crippen LogP contribution in [0.5, 0.6) is 0 Å². The molecule has 1 aliphatic heterocycles. The first-order valence-electron chi connectivity index (χ1n) is 7.31. The topological polar surface area (TPSA) is 62.6 Å². The van der Waals surface area contributed by atoms with E-state index in [0.29, 0.717) is 0 Å². The minimum absolute atomic E-state index is 0.203. The van der Waals surface area contributed by atoms with Gasteiger partial charge in [-0.3, -0.25) is 10.3 Å². The van der Waals surface area contributed by atoms with Crippen LogP contribution in [-0.2, 0) is 15.1 Å². The molecule has 0 saturated carbocycles. The molecule has 132 valence electrons. The molecule has 0 spiro atoms. The van der Waals surface area contributed by atoms with Gasteiger partial charge in [-0.2, -0.15) is 0 Å². The van der Waals surface area contributed by atoms with Gasteiger partial charge in [-0.15, -0.1) is 0 Å². The average Bonchev–Trinajstić information content (AvgIpc) is 2.39. The summed E-state index contributed by atoms with van der Waals surface area (Å²) in [5.74, 6) is -0.486. The molecular formula is C16H19Cl3N2O3. The van der Waals surface area contributed by atoms with E-state index in [-0.39, 0.29) is 13.1 Å². The Balaban J connectivity index is 2.17. The summed E-state index contributed by atoms with van der Waals surface area (Å²) in [5.41, 5.74) is -0.726. The van der Waals surface area contributed by atoms with E-state index in [4.69, 9.17) is 49.7 Å². The molecule has 1 fully saturated rings. The molecule has 1 aromatic carbocycles. The van der Waals surface area contributed by atoms with Crippen molar-refractivity contribution >= 4 is 46.8 Å². The lowest BCUT2D eigenvalue weighted by molar-refractivity contribution is -0.0950. The van der Waals surface area contributed by atoms with Crippen molar-refractivity contribution in [2.75, 3.05) is 13.1 Å². The standard InChI is InChI=1S/C16H19Cl3N2O3/c1-14(2,3)24-13(22)21-9-15(10-21,11-7-5-4-6-8-11)23-12(20)16(17,18)19/h4-8,20H,9-10H2,1-3H3. The highest BCUT2D eigenvalue weighted by Gasteiger charge is 2.52. The van der Waals surface area contributed by atoms with Gasteiger partial charge in [-0.05, 0) is 26.3 Å². The number of rotatable bonds is 2. The number of likely N-dealkylation sites (tertiary alicyclic amines) is 1. The Kier molecular flexibility index (Phi) is 5.28. The molecule has 24 heavy (non-hydrogen) atoms. The molecule has 1 heterocycles. The quantitative estimate of drug-likeness (QED) is 0.457. The molecule has 0 radical (unpaired) electrons. The molecule has 0 bridgehead atoms. The fourth-order valence-corrected chi connectivity index (χ4v) is 2.44. The third-order valence-electron chi connectivity index (χ3n) is 3.40. The van der Waals surface area contributed by atoms with Crippen molar-refractivity contribution in [3.63, 3.8) is 0 Å². The minimum atomic E-state index is -1.96. The van der Waals surface area contributed by atoms with Crippen LogP contribution in [0.1, 0.15) is 26.3 Å². The normalized spacial score (nSPS) is 17.0. The van der Waals surface area contributed by atoms with Gasteiger partial charge >= 0.3 is 6.09 Å². The Bertz CT molecular complexity index is 618. The lowest BCUT2D eigenvalue weighted by Gasteiger charge is -2.49. The van der Waals surface area contributed by atoms with Gasteiger partial charge in [-0.1, -0.05) is 65.1 Å². The molecular weight excluding hydrogens is 375 g/mol. The van der Waals surface area contributed by atoms with Gasteiger partial charge in [0.1, 0.15) is 5.60 Å². The minimum Gasteiger partial charge on any atom is -0.463 e. The second-order valence-corrected chi connectivity index (χ2v) is 8.91. The number of hydrogen-bond acceptors (Lipinski definition) is 4. The summed E-state index contributed by atoms with van der Waals surface area (Å²) in [5, 5.41) is 7.85. The zero-order valence-electron chi connectivity index (χ0n) is 13.6. The summed E-state index contributed by atoms with van der Waals surface area (Å²) < 4.78 is 9.05. The molecule has 5 nitrogen and oxygen atoms in total. The summed E-state index contributed by atoms with van der Waals surface area (Å²) in [4.78, 5) is 13.6. The second kappa shape index (κ2) is 6.62. The summed E-state index contributed by atoms with van der Waals surface area (Å²) in [6.45, 7) is 5.79. The van der Waals surface area contributed by atoms with Gasteiger partial charge in [0, 0.05) is 0 Å². The highest BCUT2D eigenvalue weighted by atomic mass is 35.6. The largest absolute Gasteiger partial charge is 0.463 e. The molecule has 0 atom stereocenters. The SMILES string of the molecule is CC(C)(C)OC(=O)N1CC(OC(=N)C(Cl)(Cl)Cl)(c2ccccc2)C1. The first kappa shape index (κ1) is 19.2. The van der Waals surface area contributed by atoms with E-state index in [0.717, 1.165) is 5.56 Å². The number of hydrogen-bond donors (Lipinski definition) is 1. The molecule has 1 N–H and O–H groups in total. The van der Waals surface area contributed by atoms with Crippen molar-refractivity contribution in [2.45, 2.75) is 35.8 Å². The van der Waals surface area contributed by atoms with Crippen LogP contribution in [-0.4, -0.2) is 39.4 Å². The molecule has 1 aromatic rings. The lowest BCUT2D eigenvalue weighted by atomic mass is 9.86. The van der Waals surface area contributed by atoms with Crippen LogP contribution in [0.4, 0.5) is 4.79 Å². The zero-order chi connectivity index (χ0) is 18.2. The smallest absolute Gasteiger partial charge is 0.410 e. The van der Waals surface area contributed by atoms with Crippen LogP contribution in [0.3, 0.4) is 0 Å². The van der Waals surface area contributed by atoms with Crippen LogP contribution < -0.4 is 0 Å². The predicted molar refractivity (Wildman–Crippen MR) is 95.0 cm³/mol. The van der Waals surface area contributed by atoms with Crippen molar-refractivity contribution < 1.29 is 14.3 Å². The Hall–Kier alpha value is -1.17. The van der Waals surface area contributed by atoms with Crippen LogP contribution in [0.2, 0.25) is 0 Å². The van der Waals surface area contributed by atoms with Gasteiger partial charge in [0.25, 0.3) is 3.79 Å². The van der Waals surface area contributed by atoms with E-state index in [1.807, 2.05) is 30.3 Å². The Labute approximate surface area is 156 Å². The first-order valence-corrected chi connectivity index (χ1v) is 8.45. The van der Waals surface area contributed by atoms with E-state index < -0.39 is 27.0 Å². The highest BCUT2D eigenvalue weighted by molar-refractivity contribution is 6.76. The van der Waals surface area contributed by atoms with Crippen LogP contribution >= 0.6 is 34.8 Å². The number of amides is 1. The second-order valence-electron chi connectivity index (χ2n) is 6.63. The van der Waals surface area contributed by atoms with E-state index in [9.17, 15) is 4.79 Å². The molecule has 0 aliphatic carbocycles. The highest BCUT2D eigenvalue weighted by Crippen LogP contribution is 2.40. The summed E-state index contributed by atoms with van der Waals surface area (Å²) in [6.07, 6.45) is -0.446. The molecule has 0 aromatic heterocycles. The number of carbonyl (C=O) groups excluding carboxylic acids is 1. The summed E-state index contributed by atoms with van der Waals surface area (Å²) in [6, 6.07) is 9.24. The zero-order valence-corrected chi connectivity index (χ0v) is 15.9. The fraction of sp³-hybridized carbons (Fsp3) is 0.500. The fourth-order valence-electron chi connectivity index (χ4n) is 2.33. The molecule has 1 saturated heterocycles. The van der Waals surface area contributed by atoms with Crippen molar-refractivity contribution in [1.82, 2.24) is 4.90 Å². The average molecular weight is 394 g/mol. The van der Waals surface area contributed by atoms with Crippen LogP contribution in [0.25, 0.3) is 0 Å². The number of alkyl halides is 3. The van der Waals surface area contributed by atoms with E-state index >= 15 is 0 Å². The number of carbonyl (C=O) groups is 1. The molecule has 8 heteroatoms. The van der Waals surface area contributed by atoms with Gasteiger partial charge in [-0.25, -0.2) is 4.79 Å². The number of nitrogens with one attached hydrogen (secondary N) is 1. The predicted octanol–water partition coefficient (Wildman–Crippen LogP) is 4.50. The van der Waals surface area contributed by atoms with Crippen molar-refractivity contribution in [1.29, 1.82) is 5.41 Å². The third kappa shape index (κ3) is 4.47. The van der Waals surface area contributed by atoms with Crippen LogP contribution in [0.15, 0.2) is 30.3 Å². The van der Waals surface area contributed by atoms with E-state index in [2.05, 4.69) is 0 Å². The van der Waals surface area contributed by atoms with Crippen molar-refractivity contribution in [2.24, 2.45) is 0 Å². The van der Waals surface area contributed by atoms with Gasteiger partial charge in [0.05, 0.1) is 13.1 Å². The maximum atomic E-state index is 12.2. The van der Waals surface area contributed by atoms with Crippen molar-refractivity contribution in [3.05, 3.63) is 35.9 Å². The van der Waals surface area contributed by atoms with Gasteiger partial charge in [0.15, 0.2) is 5.60 Å². The number of nitrogens with zero attached hydrogens (tertiary/aromatic N) is 1.